The van der Waals surface area contributed by atoms with Crippen molar-refractivity contribution >= 4 is 120 Å². The SMILES string of the molecule is CC1(C)OB(c2ccc3c(c2)c2ccccc2n2c(-c4ccccn4)c(-c4ccccn4)nc32)OC1(C)C.O=S(=O)(Oc1ccc2cc(-c3ccc4ccccc4c3)ccc2c1)C(F)(F)F.c1ccc(-c2nc3c4ccc(-c5ccc6cc(-c7ccc8ccccc8c7)ccc6c5)cc4c4ccccc4n3c2-c2ccccn2)nc1. The van der Waals surface area contributed by atoms with E-state index in [-0.39, 0.29) is 5.75 Å². The summed E-state index contributed by atoms with van der Waals surface area (Å²) < 4.78 is 81.1. The van der Waals surface area contributed by atoms with E-state index < -0.39 is 33.9 Å². The molecule has 21 rings (SSSR count). The number of halogens is 3. The Kier molecular flexibility index (Phi) is 17.7. The lowest BCUT2D eigenvalue weighted by Crippen LogP contribution is -2.41. The highest BCUT2D eigenvalue weighted by Crippen LogP contribution is 2.44. The third-order valence-electron chi connectivity index (χ3n) is 22.0. The molecular formula is C97H68BF3N8O5S. The summed E-state index contributed by atoms with van der Waals surface area (Å²) in [5, 5.41) is 15.2. The van der Waals surface area contributed by atoms with E-state index in [1.807, 2.05) is 140 Å². The number of alkyl halides is 3. The van der Waals surface area contributed by atoms with E-state index in [0.29, 0.717) is 5.39 Å². The number of para-hydroxylation sites is 2. The summed E-state index contributed by atoms with van der Waals surface area (Å²) in [7, 11) is -6.13. The number of benzene rings is 12. The molecule has 0 amide bonds. The molecule has 0 radical (unpaired) electrons. The monoisotopic (exact) mass is 1520 g/mol. The molecule has 1 aliphatic rings. The minimum absolute atomic E-state index is 0.386. The van der Waals surface area contributed by atoms with Gasteiger partial charge in [0.2, 0.25) is 0 Å². The van der Waals surface area contributed by atoms with Gasteiger partial charge < -0.3 is 13.5 Å². The van der Waals surface area contributed by atoms with Crippen molar-refractivity contribution in [3.63, 3.8) is 0 Å². The van der Waals surface area contributed by atoms with Crippen molar-refractivity contribution in [2.75, 3.05) is 0 Å². The molecule has 1 saturated heterocycles. The zero-order chi connectivity index (χ0) is 78.3. The molecule has 0 saturated carbocycles. The van der Waals surface area contributed by atoms with Gasteiger partial charge >= 0.3 is 22.7 Å². The minimum Gasteiger partial charge on any atom is -0.399 e. The van der Waals surface area contributed by atoms with Crippen molar-refractivity contribution in [2.24, 2.45) is 0 Å². The van der Waals surface area contributed by atoms with Crippen LogP contribution in [0.4, 0.5) is 13.2 Å². The van der Waals surface area contributed by atoms with Crippen molar-refractivity contribution in [2.45, 2.75) is 44.4 Å². The molecular weight excluding hydrogens is 1460 g/mol. The van der Waals surface area contributed by atoms with Gasteiger partial charge in [-0.25, -0.2) is 9.97 Å². The number of pyridine rings is 6. The summed E-state index contributed by atoms with van der Waals surface area (Å²) in [5.41, 5.74) is 12.2. The molecule has 556 valence electrons. The number of nitrogens with zero attached hydrogens (tertiary/aromatic N) is 8. The van der Waals surface area contributed by atoms with Gasteiger partial charge in [0.15, 0.2) is 0 Å². The zero-order valence-electron chi connectivity index (χ0n) is 62.6. The normalized spacial score (nSPS) is 13.5. The molecule has 8 aromatic heterocycles. The molecule has 0 spiro atoms. The van der Waals surface area contributed by atoms with Crippen LogP contribution < -0.4 is 9.65 Å². The fourth-order valence-corrected chi connectivity index (χ4v) is 16.0. The molecule has 0 atom stereocenters. The fraction of sp³-hybridized carbons (Fsp3) is 0.0722. The standard InChI is InChI=1S/C45H28N4.C31H27BN4O2.C21H13F3O3S/c1-2-10-30-25-31(16-15-29(30)9-1)32-17-18-34-27-35(20-19-33(34)26-32)36-21-22-38-39(28-36)37-11-3-4-14-42(37)49-44(41-13-6-8-24-47-41)43(48-45(38)49)40-12-5-7-23-46-40;1-30(2)31(3,4)38-32(37-30)20-15-16-22-23(19-20)21-11-5-6-14-26(21)36-28(25-13-8-10-18-34-25)27(35-29(22)36)24-12-7-9-17-33-24;22-21(23,24)28(25,26)27-20-10-9-18-12-17(7-8-19(18)13-20)16-6-5-14-3-1-2-4-15(14)11-16/h1-28H;5-19H,1-4H3;1-13H. The van der Waals surface area contributed by atoms with Crippen LogP contribution in [-0.4, -0.2) is 71.0 Å². The summed E-state index contributed by atoms with van der Waals surface area (Å²) in [6.45, 7) is 8.32. The maximum Gasteiger partial charge on any atom is 0.534 e. The molecule has 0 bridgehead atoms. The number of fused-ring (bicyclic) bond motifs is 16. The van der Waals surface area contributed by atoms with Crippen molar-refractivity contribution < 1.29 is 35.1 Å². The average molecular weight is 1530 g/mol. The number of imidazole rings is 2. The van der Waals surface area contributed by atoms with Crippen LogP contribution in [0.15, 0.2) is 340 Å². The van der Waals surface area contributed by atoms with Crippen LogP contribution in [0, 0.1) is 0 Å². The lowest BCUT2D eigenvalue weighted by atomic mass is 9.78. The van der Waals surface area contributed by atoms with Crippen LogP contribution in [0.25, 0.3) is 177 Å². The van der Waals surface area contributed by atoms with Gasteiger partial charge in [0.05, 0.1) is 45.0 Å². The Morgan fingerprint density at radius 1 is 0.339 bits per heavy atom. The summed E-state index contributed by atoms with van der Waals surface area (Å²) in [4.78, 5) is 29.3. The van der Waals surface area contributed by atoms with Crippen LogP contribution in [0.5, 0.6) is 5.75 Å². The molecule has 12 aromatic carbocycles. The molecule has 1 fully saturated rings. The number of hydrogen-bond donors (Lipinski definition) is 0. The maximum atomic E-state index is 12.5. The van der Waals surface area contributed by atoms with Gasteiger partial charge in [0, 0.05) is 46.3 Å². The third kappa shape index (κ3) is 13.1. The second-order valence-electron chi connectivity index (χ2n) is 29.6. The van der Waals surface area contributed by atoms with Crippen molar-refractivity contribution in [3.8, 4) is 84.7 Å². The molecule has 18 heteroatoms. The molecule has 115 heavy (non-hydrogen) atoms. The van der Waals surface area contributed by atoms with E-state index in [4.69, 9.17) is 34.2 Å². The quantitative estimate of drug-likeness (QED) is 0.0558. The Bertz CT molecular complexity index is 7340. The zero-order valence-corrected chi connectivity index (χ0v) is 63.4. The lowest BCUT2D eigenvalue weighted by Gasteiger charge is -2.32. The van der Waals surface area contributed by atoms with Gasteiger partial charge in [-0.05, 0) is 236 Å². The molecule has 9 heterocycles. The highest BCUT2D eigenvalue weighted by Gasteiger charge is 2.52. The highest BCUT2D eigenvalue weighted by atomic mass is 32.2. The van der Waals surface area contributed by atoms with Gasteiger partial charge in [-0.2, -0.15) is 21.6 Å². The van der Waals surface area contributed by atoms with Gasteiger partial charge in [0.25, 0.3) is 0 Å². The number of aromatic nitrogens is 8. The second kappa shape index (κ2) is 28.5. The van der Waals surface area contributed by atoms with E-state index in [1.165, 1.54) is 62.0 Å². The van der Waals surface area contributed by atoms with Crippen LogP contribution in [-0.2, 0) is 19.4 Å². The van der Waals surface area contributed by atoms with Crippen LogP contribution in [0.2, 0.25) is 0 Å². The maximum absolute atomic E-state index is 12.5. The molecule has 1 aliphatic heterocycles. The van der Waals surface area contributed by atoms with Gasteiger partial charge in [0.1, 0.15) is 39.8 Å². The van der Waals surface area contributed by atoms with E-state index in [1.54, 1.807) is 12.3 Å². The predicted molar refractivity (Wildman–Crippen MR) is 457 cm³/mol. The molecule has 0 N–H and O–H groups in total. The Hall–Kier alpha value is -13.8. The largest absolute Gasteiger partial charge is 0.534 e. The van der Waals surface area contributed by atoms with E-state index in [2.05, 4.69) is 216 Å². The molecule has 20 aromatic rings. The summed E-state index contributed by atoms with van der Waals surface area (Å²) in [6.07, 6.45) is 7.27. The summed E-state index contributed by atoms with van der Waals surface area (Å²) in [6, 6.07) is 106. The molecule has 13 nitrogen and oxygen atoms in total. The van der Waals surface area contributed by atoms with E-state index in [9.17, 15) is 21.6 Å². The molecule has 0 unspecified atom stereocenters. The van der Waals surface area contributed by atoms with Crippen molar-refractivity contribution in [3.05, 3.63) is 340 Å². The Morgan fingerprint density at radius 3 is 1.10 bits per heavy atom. The lowest BCUT2D eigenvalue weighted by molar-refractivity contribution is -0.0500. The van der Waals surface area contributed by atoms with Crippen molar-refractivity contribution in [1.82, 2.24) is 38.7 Å². The van der Waals surface area contributed by atoms with Crippen molar-refractivity contribution in [1.29, 1.82) is 0 Å². The van der Waals surface area contributed by atoms with E-state index >= 15 is 0 Å². The smallest absolute Gasteiger partial charge is 0.399 e. The minimum atomic E-state index is -5.69. The topological polar surface area (TPSA) is 148 Å². The number of rotatable bonds is 10. The first-order chi connectivity index (χ1) is 55.8. The van der Waals surface area contributed by atoms with E-state index in [0.717, 1.165) is 133 Å². The van der Waals surface area contributed by atoms with Crippen LogP contribution >= 0.6 is 0 Å². The first-order valence-electron chi connectivity index (χ1n) is 37.7. The highest BCUT2D eigenvalue weighted by molar-refractivity contribution is 7.88. The Balaban J connectivity index is 0.000000120. The average Bonchev–Trinajstić information content (AvgIpc) is 1.58. The van der Waals surface area contributed by atoms with Crippen LogP contribution in [0.1, 0.15) is 27.7 Å². The number of hydrogen-bond acceptors (Lipinski definition) is 11. The second-order valence-corrected chi connectivity index (χ2v) is 31.1. The first kappa shape index (κ1) is 71.5. The van der Waals surface area contributed by atoms with Gasteiger partial charge in [-0.15, -0.1) is 0 Å². The van der Waals surface area contributed by atoms with Crippen LogP contribution in [0.3, 0.4) is 0 Å². The molecule has 0 aliphatic carbocycles. The third-order valence-corrected chi connectivity index (χ3v) is 22.9. The van der Waals surface area contributed by atoms with Gasteiger partial charge in [-0.1, -0.05) is 200 Å². The summed E-state index contributed by atoms with van der Waals surface area (Å²) >= 11 is 0. The Labute approximate surface area is 659 Å². The fourth-order valence-electron chi connectivity index (χ4n) is 15.5. The first-order valence-corrected chi connectivity index (χ1v) is 39.1. The predicted octanol–water partition coefficient (Wildman–Crippen LogP) is 23.4. The van der Waals surface area contributed by atoms with Gasteiger partial charge in [-0.3, -0.25) is 28.7 Å². The summed E-state index contributed by atoms with van der Waals surface area (Å²) in [5.74, 6) is -0.386. The Morgan fingerprint density at radius 2 is 0.678 bits per heavy atom.